The molecule has 20 heteroatoms. The topological polar surface area (TPSA) is 302 Å². The molecule has 0 aliphatic carbocycles. The minimum absolute atomic E-state index is 0.0337. The third-order valence-corrected chi connectivity index (χ3v) is 8.39. The highest BCUT2D eigenvalue weighted by Gasteiger charge is 2.52. The number of ether oxygens (including phenoxy) is 7. The summed E-state index contributed by atoms with van der Waals surface area (Å²) in [5, 5.41) is 88.5. The molecule has 0 aromatic carbocycles. The number of amides is 2. The van der Waals surface area contributed by atoms with Crippen molar-refractivity contribution in [3.63, 3.8) is 0 Å². The van der Waals surface area contributed by atoms with Gasteiger partial charge in [-0.25, -0.2) is 0 Å². The second kappa shape index (κ2) is 19.5. The van der Waals surface area contributed by atoms with E-state index in [1.807, 2.05) is 0 Å². The summed E-state index contributed by atoms with van der Waals surface area (Å²) < 4.78 is 39.3. The van der Waals surface area contributed by atoms with Gasteiger partial charge in [0, 0.05) is 26.9 Å². The maximum atomic E-state index is 11.9. The maximum absolute atomic E-state index is 11.9. The summed E-state index contributed by atoms with van der Waals surface area (Å²) >= 11 is 0. The molecule has 3 aliphatic heterocycles. The van der Waals surface area contributed by atoms with Crippen LogP contribution in [0.3, 0.4) is 0 Å². The van der Waals surface area contributed by atoms with Crippen LogP contribution in [0.5, 0.6) is 0 Å². The van der Waals surface area contributed by atoms with Crippen LogP contribution in [0.1, 0.15) is 39.5 Å². The molecular weight excluding hydrogens is 664 g/mol. The van der Waals surface area contributed by atoms with E-state index in [-0.39, 0.29) is 19.0 Å². The number of rotatable bonds is 16. The summed E-state index contributed by atoms with van der Waals surface area (Å²) in [7, 11) is 1.28. The molecule has 3 aliphatic rings. The molecule has 0 spiro atoms. The van der Waals surface area contributed by atoms with Crippen LogP contribution in [0.25, 0.3) is 0 Å². The lowest BCUT2D eigenvalue weighted by Gasteiger charge is -2.48. The van der Waals surface area contributed by atoms with Crippen LogP contribution in [0.4, 0.5) is 0 Å². The molecule has 3 rings (SSSR count). The number of carbonyl (C=O) groups is 3. The number of unbranched alkanes of at least 4 members (excludes halogenated alkanes) is 2. The zero-order chi connectivity index (χ0) is 36.4. The number of esters is 1. The van der Waals surface area contributed by atoms with E-state index in [0.29, 0.717) is 19.3 Å². The Balaban J connectivity index is 1.83. The van der Waals surface area contributed by atoms with Crippen molar-refractivity contribution in [3.05, 3.63) is 0 Å². The average Bonchev–Trinajstić information content (AvgIpc) is 3.06. The predicted octanol–water partition coefficient (Wildman–Crippen LogP) is -5.53. The Labute approximate surface area is 282 Å². The fourth-order valence-electron chi connectivity index (χ4n) is 5.74. The van der Waals surface area contributed by atoms with Gasteiger partial charge in [0.1, 0.15) is 73.1 Å². The van der Waals surface area contributed by atoms with Crippen LogP contribution in [-0.4, -0.2) is 184 Å². The van der Waals surface area contributed by atoms with Gasteiger partial charge in [0.2, 0.25) is 11.8 Å². The van der Waals surface area contributed by atoms with E-state index in [1.165, 1.54) is 7.11 Å². The van der Waals surface area contributed by atoms with Gasteiger partial charge < -0.3 is 84.6 Å². The summed E-state index contributed by atoms with van der Waals surface area (Å²) in [6, 6.07) is -2.76. The lowest BCUT2D eigenvalue weighted by Crippen LogP contribution is -2.68. The first-order valence-electron chi connectivity index (χ1n) is 16.0. The number of aliphatic hydroxyl groups is 8. The highest BCUT2D eigenvalue weighted by atomic mass is 16.7. The van der Waals surface area contributed by atoms with E-state index in [9.17, 15) is 55.2 Å². The molecule has 20 nitrogen and oxygen atoms in total. The smallest absolute Gasteiger partial charge is 0.305 e. The van der Waals surface area contributed by atoms with Crippen molar-refractivity contribution in [2.24, 2.45) is 0 Å². The van der Waals surface area contributed by atoms with Crippen molar-refractivity contribution in [1.82, 2.24) is 10.6 Å². The largest absolute Gasteiger partial charge is 0.469 e. The molecule has 2 amide bonds. The first kappa shape index (κ1) is 41.3. The Kier molecular flexibility index (Phi) is 16.4. The fraction of sp³-hybridized carbons (Fsp3) is 0.897. The van der Waals surface area contributed by atoms with Gasteiger partial charge in [-0.1, -0.05) is 6.42 Å². The third-order valence-electron chi connectivity index (χ3n) is 8.39. The van der Waals surface area contributed by atoms with E-state index < -0.39 is 124 Å². The van der Waals surface area contributed by atoms with E-state index >= 15 is 0 Å². The minimum Gasteiger partial charge on any atom is -0.469 e. The number of hydrogen-bond acceptors (Lipinski definition) is 18. The molecule has 0 unspecified atom stereocenters. The zero-order valence-electron chi connectivity index (χ0n) is 27.5. The quantitative estimate of drug-likeness (QED) is 0.0527. The standard InChI is InChI=1S/C29H50N2O18/c1-12(34)30-18-22(39)20(37)14(9-32)46-27(18)45-11-16-26(49-28-19(31-13(2)35)23(40)21(38)15(10-33)47-28)24(41)25(42)29(48-16)44-8-6-4-5-7-17(36)43-3/h14-16,18-29,32-33,37-42H,4-11H2,1-3H3,(H,30,34)(H,31,35)/t14-,15-,16-,18-,19-,20-,21-,22-,23-,24-,25-,26+,27-,28+,29-/m1/s1. The van der Waals surface area contributed by atoms with Gasteiger partial charge in [0.05, 0.1) is 26.9 Å². The molecule has 15 atom stereocenters. The van der Waals surface area contributed by atoms with Gasteiger partial charge >= 0.3 is 5.97 Å². The van der Waals surface area contributed by atoms with Crippen molar-refractivity contribution in [3.8, 4) is 0 Å². The van der Waals surface area contributed by atoms with Crippen molar-refractivity contribution in [2.75, 3.05) is 33.5 Å². The molecule has 3 heterocycles. The van der Waals surface area contributed by atoms with Crippen molar-refractivity contribution in [2.45, 2.75) is 132 Å². The number of aliphatic hydroxyl groups excluding tert-OH is 8. The van der Waals surface area contributed by atoms with Gasteiger partial charge in [-0.3, -0.25) is 14.4 Å². The number of hydrogen-bond donors (Lipinski definition) is 10. The Morgan fingerprint density at radius 2 is 1.16 bits per heavy atom. The Hall–Kier alpha value is -2.15. The van der Waals surface area contributed by atoms with E-state index in [2.05, 4.69) is 15.4 Å². The summed E-state index contributed by atoms with van der Waals surface area (Å²) in [5.41, 5.74) is 0. The van der Waals surface area contributed by atoms with Crippen LogP contribution < -0.4 is 10.6 Å². The SMILES string of the molecule is COC(=O)CCCCCO[C@@H]1O[C@H](CO[C@@H]2O[C@H](CO)[C@@H](O)[C@H](O)[C@H]2NC(C)=O)[C@H](O[C@@H]2O[C@H](CO)[C@@H](O)[C@H](O)[C@H]2NC(C)=O)[C@H](O)[C@H]1O. The number of methoxy groups -OCH3 is 1. The van der Waals surface area contributed by atoms with Crippen LogP contribution in [0, 0.1) is 0 Å². The first-order valence-corrected chi connectivity index (χ1v) is 16.0. The first-order chi connectivity index (χ1) is 23.2. The molecular formula is C29H50N2O18. The molecule has 3 fully saturated rings. The summed E-state index contributed by atoms with van der Waals surface area (Å²) in [4.78, 5) is 35.2. The Morgan fingerprint density at radius 3 is 1.69 bits per heavy atom. The highest BCUT2D eigenvalue weighted by Crippen LogP contribution is 2.31. The Bertz CT molecular complexity index is 1060. The normalized spacial score (nSPS) is 39.6. The fourth-order valence-corrected chi connectivity index (χ4v) is 5.74. The molecule has 0 aromatic rings. The molecule has 3 saturated heterocycles. The van der Waals surface area contributed by atoms with Crippen molar-refractivity contribution >= 4 is 17.8 Å². The third kappa shape index (κ3) is 10.9. The van der Waals surface area contributed by atoms with Gasteiger partial charge in [-0.15, -0.1) is 0 Å². The molecule has 284 valence electrons. The molecule has 0 saturated carbocycles. The summed E-state index contributed by atoms with van der Waals surface area (Å²) in [6.45, 7) is 0.264. The molecule has 10 N–H and O–H groups in total. The van der Waals surface area contributed by atoms with Crippen LogP contribution in [0.2, 0.25) is 0 Å². The van der Waals surface area contributed by atoms with E-state index in [4.69, 9.17) is 28.4 Å². The summed E-state index contributed by atoms with van der Waals surface area (Å²) in [6.07, 6.45) is -18.6. The van der Waals surface area contributed by atoms with Gasteiger partial charge in [-0.2, -0.15) is 0 Å². The monoisotopic (exact) mass is 714 g/mol. The van der Waals surface area contributed by atoms with Crippen molar-refractivity contribution < 1.29 is 88.4 Å². The van der Waals surface area contributed by atoms with Crippen LogP contribution in [-0.2, 0) is 47.5 Å². The van der Waals surface area contributed by atoms with Crippen LogP contribution in [0.15, 0.2) is 0 Å². The van der Waals surface area contributed by atoms with Gasteiger partial charge in [0.25, 0.3) is 0 Å². The molecule has 0 bridgehead atoms. The second-order valence-corrected chi connectivity index (χ2v) is 12.1. The van der Waals surface area contributed by atoms with Crippen molar-refractivity contribution in [1.29, 1.82) is 0 Å². The average molecular weight is 715 g/mol. The lowest BCUT2D eigenvalue weighted by atomic mass is 9.95. The lowest BCUT2D eigenvalue weighted by molar-refractivity contribution is -0.354. The highest BCUT2D eigenvalue weighted by molar-refractivity contribution is 5.73. The van der Waals surface area contributed by atoms with Gasteiger partial charge in [0.15, 0.2) is 18.9 Å². The van der Waals surface area contributed by atoms with Gasteiger partial charge in [-0.05, 0) is 12.8 Å². The molecule has 49 heavy (non-hydrogen) atoms. The zero-order valence-corrected chi connectivity index (χ0v) is 27.5. The second-order valence-electron chi connectivity index (χ2n) is 12.1. The van der Waals surface area contributed by atoms with E-state index in [0.717, 1.165) is 13.8 Å². The maximum Gasteiger partial charge on any atom is 0.305 e. The summed E-state index contributed by atoms with van der Waals surface area (Å²) in [5.74, 6) is -1.62. The minimum atomic E-state index is -1.80. The predicted molar refractivity (Wildman–Crippen MR) is 159 cm³/mol. The number of nitrogens with one attached hydrogen (secondary N) is 2. The van der Waals surface area contributed by atoms with Crippen LogP contribution >= 0.6 is 0 Å². The molecule has 0 radical (unpaired) electrons. The van der Waals surface area contributed by atoms with E-state index in [1.54, 1.807) is 0 Å². The molecule has 0 aromatic heterocycles. The number of carbonyl (C=O) groups excluding carboxylic acids is 3. The Morgan fingerprint density at radius 1 is 0.633 bits per heavy atom.